The summed E-state index contributed by atoms with van der Waals surface area (Å²) in [5, 5.41) is 14.6. The number of hydrogen-bond acceptors (Lipinski definition) is 10. The van der Waals surface area contributed by atoms with Crippen LogP contribution in [0.25, 0.3) is 0 Å². The number of alkyl carbamates (subject to hydrolysis) is 1. The number of carbonyl (C=O) groups is 7. The van der Waals surface area contributed by atoms with Gasteiger partial charge in [0.15, 0.2) is 0 Å². The first kappa shape index (κ1) is 59.5. The fourth-order valence-electron chi connectivity index (χ4n) is 9.67. The SMILES string of the molecule is CN[C@@H](C)C(=O)N[C@@H](CCCNC(=O)OCc1ccccc1)C(=O)N1CCC[C@H]1CN(CCc1ccccc1)C(=O)CCCC(=O)N(CCc1ccccc1)C[C@@H]1CCCN1C(=O)[C@@H](NC(=O)[C@H](C)NC)C(C)(C)C. The highest BCUT2D eigenvalue weighted by Gasteiger charge is 2.41. The van der Waals surface area contributed by atoms with Crippen LogP contribution in [-0.2, 0) is 53.0 Å². The van der Waals surface area contributed by atoms with Crippen LogP contribution in [0, 0.1) is 5.41 Å². The number of carbonyl (C=O) groups excluding carboxylic acids is 7. The van der Waals surface area contributed by atoms with E-state index in [4.69, 9.17) is 4.74 Å². The van der Waals surface area contributed by atoms with Gasteiger partial charge in [-0.1, -0.05) is 112 Å². The number of hydrogen-bond donors (Lipinski definition) is 5. The monoisotopic (exact) mass is 1040 g/mol. The first-order valence-corrected chi connectivity index (χ1v) is 27.1. The summed E-state index contributed by atoms with van der Waals surface area (Å²) in [5.41, 5.74) is 2.46. The maximum absolute atomic E-state index is 14.5. The third-order valence-electron chi connectivity index (χ3n) is 14.5. The van der Waals surface area contributed by atoms with E-state index in [1.54, 1.807) is 32.8 Å². The van der Waals surface area contributed by atoms with Gasteiger partial charge >= 0.3 is 6.09 Å². The molecular formula is C58H85N9O8. The second-order valence-electron chi connectivity index (χ2n) is 21.2. The Kier molecular flexibility index (Phi) is 24.0. The van der Waals surface area contributed by atoms with Crippen LogP contribution in [0.2, 0.25) is 0 Å². The first-order chi connectivity index (χ1) is 36.0. The Morgan fingerprint density at radius 3 is 1.55 bits per heavy atom. The Morgan fingerprint density at radius 2 is 1.08 bits per heavy atom. The molecule has 75 heavy (non-hydrogen) atoms. The molecule has 17 heteroatoms. The Bertz CT molecular complexity index is 2280. The van der Waals surface area contributed by atoms with Gasteiger partial charge in [-0.05, 0) is 108 Å². The third-order valence-corrected chi connectivity index (χ3v) is 14.5. The molecule has 3 aromatic rings. The predicted molar refractivity (Wildman–Crippen MR) is 291 cm³/mol. The lowest BCUT2D eigenvalue weighted by Gasteiger charge is -2.37. The van der Waals surface area contributed by atoms with Crippen molar-refractivity contribution in [1.82, 2.24) is 46.2 Å². The molecule has 0 radical (unpaired) electrons. The minimum atomic E-state index is -0.859. The lowest BCUT2D eigenvalue weighted by molar-refractivity contribution is -0.142. The van der Waals surface area contributed by atoms with E-state index in [0.29, 0.717) is 71.4 Å². The van der Waals surface area contributed by atoms with Crippen LogP contribution in [0.1, 0.15) is 109 Å². The van der Waals surface area contributed by atoms with Crippen LogP contribution in [0.3, 0.4) is 0 Å². The minimum absolute atomic E-state index is 0.0927. The predicted octanol–water partition coefficient (Wildman–Crippen LogP) is 5.22. The highest BCUT2D eigenvalue weighted by molar-refractivity contribution is 5.91. The number of nitrogens with one attached hydrogen (secondary N) is 5. The summed E-state index contributed by atoms with van der Waals surface area (Å²) in [4.78, 5) is 104. The van der Waals surface area contributed by atoms with E-state index in [2.05, 4.69) is 26.6 Å². The van der Waals surface area contributed by atoms with Crippen molar-refractivity contribution in [2.45, 2.75) is 148 Å². The molecule has 2 saturated heterocycles. The first-order valence-electron chi connectivity index (χ1n) is 27.1. The lowest BCUT2D eigenvalue weighted by atomic mass is 9.85. The maximum atomic E-state index is 14.5. The number of amides is 7. The number of benzene rings is 3. The summed E-state index contributed by atoms with van der Waals surface area (Å²) >= 11 is 0. The topological polar surface area (TPSA) is 202 Å². The van der Waals surface area contributed by atoms with E-state index >= 15 is 0 Å². The molecule has 5 rings (SSSR count). The van der Waals surface area contributed by atoms with Crippen LogP contribution in [0.5, 0.6) is 0 Å². The summed E-state index contributed by atoms with van der Waals surface area (Å²) in [6, 6.07) is 26.1. The normalized spacial score (nSPS) is 17.1. The smallest absolute Gasteiger partial charge is 0.407 e. The molecule has 0 aromatic heterocycles. The molecule has 3 aromatic carbocycles. The number of rotatable bonds is 28. The number of nitrogens with zero attached hydrogens (tertiary/aromatic N) is 4. The molecule has 2 aliphatic heterocycles. The fourth-order valence-corrected chi connectivity index (χ4v) is 9.67. The summed E-state index contributed by atoms with van der Waals surface area (Å²) in [6.45, 7) is 12.2. The molecule has 5 N–H and O–H groups in total. The molecule has 2 aliphatic rings. The zero-order valence-electron chi connectivity index (χ0n) is 45.6. The van der Waals surface area contributed by atoms with Crippen LogP contribution >= 0.6 is 0 Å². The minimum Gasteiger partial charge on any atom is -0.445 e. The Labute approximate surface area is 445 Å². The Morgan fingerprint density at radius 1 is 0.627 bits per heavy atom. The maximum Gasteiger partial charge on any atom is 0.407 e. The van der Waals surface area contributed by atoms with E-state index < -0.39 is 35.7 Å². The fraction of sp³-hybridized carbons (Fsp3) is 0.569. The van der Waals surface area contributed by atoms with Gasteiger partial charge in [-0.25, -0.2) is 4.79 Å². The van der Waals surface area contributed by atoms with E-state index in [0.717, 1.165) is 36.0 Å². The highest BCUT2D eigenvalue weighted by atomic mass is 16.5. The van der Waals surface area contributed by atoms with Crippen LogP contribution < -0.4 is 26.6 Å². The summed E-state index contributed by atoms with van der Waals surface area (Å²) in [7, 11) is 3.38. The largest absolute Gasteiger partial charge is 0.445 e. The standard InChI is InChI=1S/C58H85N9O8/c1-42(59-6)53(70)62-49(29-18-34-61-57(74)75-41-46-25-15-10-16-26-46)55(72)66-35-19-27-47(66)39-64(37-32-44-21-11-8-12-22-44)50(68)30-17-31-51(69)65(38-33-45-23-13-9-14-24-45)40-48-28-20-36-67(48)56(73)52(58(3,4)5)63-54(71)43(2)60-7/h8-16,21-26,42-43,47-49,52,59-60H,17-20,27-41H2,1-7H3,(H,61,74)(H,62,70)(H,63,71)/t42-,43-,47-,48-,49-,52+/m0/s1. The third kappa shape index (κ3) is 19.1. The molecule has 0 unspecified atom stereocenters. The van der Waals surface area contributed by atoms with Crippen molar-refractivity contribution in [3.63, 3.8) is 0 Å². The van der Waals surface area contributed by atoms with E-state index in [1.807, 2.05) is 126 Å². The zero-order valence-corrected chi connectivity index (χ0v) is 45.6. The average molecular weight is 1040 g/mol. The zero-order chi connectivity index (χ0) is 54.3. The van der Waals surface area contributed by atoms with Crippen LogP contribution in [-0.4, -0.2) is 157 Å². The molecule has 17 nitrogen and oxygen atoms in total. The van der Waals surface area contributed by atoms with Gasteiger partial charge in [0.05, 0.1) is 12.1 Å². The number of likely N-dealkylation sites (tertiary alicyclic amines) is 2. The lowest BCUT2D eigenvalue weighted by Crippen LogP contribution is -2.59. The van der Waals surface area contributed by atoms with Crippen molar-refractivity contribution >= 4 is 41.5 Å². The number of likely N-dealkylation sites (N-methyl/N-ethyl adjacent to an activating group) is 2. The molecule has 0 spiro atoms. The van der Waals surface area contributed by atoms with Crippen molar-refractivity contribution < 1.29 is 38.3 Å². The van der Waals surface area contributed by atoms with Crippen molar-refractivity contribution in [2.75, 3.05) is 59.9 Å². The van der Waals surface area contributed by atoms with Crippen molar-refractivity contribution in [1.29, 1.82) is 0 Å². The quantitative estimate of drug-likeness (QED) is 0.0601. The van der Waals surface area contributed by atoms with E-state index in [9.17, 15) is 33.6 Å². The molecule has 7 amide bonds. The van der Waals surface area contributed by atoms with E-state index in [-0.39, 0.29) is 79.9 Å². The summed E-state index contributed by atoms with van der Waals surface area (Å²) in [5.74, 6) is -1.17. The molecular weight excluding hydrogens is 951 g/mol. The molecule has 410 valence electrons. The molecule has 2 fully saturated rings. The van der Waals surface area contributed by atoms with Crippen molar-refractivity contribution in [3.05, 3.63) is 108 Å². The van der Waals surface area contributed by atoms with Gasteiger partial charge in [0.25, 0.3) is 0 Å². The van der Waals surface area contributed by atoms with Gasteiger partial charge in [-0.15, -0.1) is 0 Å². The van der Waals surface area contributed by atoms with Gasteiger partial charge in [0.2, 0.25) is 35.4 Å². The summed E-state index contributed by atoms with van der Waals surface area (Å²) in [6.07, 6.45) is 4.82. The second-order valence-corrected chi connectivity index (χ2v) is 21.2. The number of ether oxygens (including phenoxy) is 1. The highest BCUT2D eigenvalue weighted by Crippen LogP contribution is 2.27. The average Bonchev–Trinajstić information content (AvgIpc) is 4.09. The van der Waals surface area contributed by atoms with Crippen molar-refractivity contribution in [2.24, 2.45) is 5.41 Å². The molecule has 2 heterocycles. The molecule has 0 bridgehead atoms. The Balaban J connectivity index is 1.25. The van der Waals surface area contributed by atoms with Gasteiger partial charge < -0.3 is 50.9 Å². The van der Waals surface area contributed by atoms with Gasteiger partial charge in [0.1, 0.15) is 18.7 Å². The molecule has 0 saturated carbocycles. The summed E-state index contributed by atoms with van der Waals surface area (Å²) < 4.78 is 5.35. The second kappa shape index (κ2) is 30.3. The van der Waals surface area contributed by atoms with Crippen molar-refractivity contribution in [3.8, 4) is 0 Å². The van der Waals surface area contributed by atoms with Crippen LogP contribution in [0.15, 0.2) is 91.0 Å². The Hall–Kier alpha value is -6.33. The van der Waals surface area contributed by atoms with Gasteiger partial charge in [-0.3, -0.25) is 28.8 Å². The molecule has 0 aliphatic carbocycles. The van der Waals surface area contributed by atoms with E-state index in [1.165, 1.54) is 0 Å². The van der Waals surface area contributed by atoms with Gasteiger partial charge in [0, 0.05) is 70.7 Å². The van der Waals surface area contributed by atoms with Crippen LogP contribution in [0.4, 0.5) is 4.79 Å². The van der Waals surface area contributed by atoms with Gasteiger partial charge in [-0.2, -0.15) is 0 Å². The molecule has 6 atom stereocenters.